The predicted molar refractivity (Wildman–Crippen MR) is 94.5 cm³/mol. The summed E-state index contributed by atoms with van der Waals surface area (Å²) in [6.45, 7) is 6.05. The van der Waals surface area contributed by atoms with Gasteiger partial charge in [0.1, 0.15) is 12.4 Å². The van der Waals surface area contributed by atoms with Crippen LogP contribution >= 0.6 is 11.6 Å². The SMILES string of the molecule is CCOC1CCN(C(=NC)NCCOc2cccc(Cl)c2)CC1. The van der Waals surface area contributed by atoms with Crippen molar-refractivity contribution in [1.82, 2.24) is 10.2 Å². The molecular weight excluding hydrogens is 314 g/mol. The Hall–Kier alpha value is -1.46. The van der Waals surface area contributed by atoms with Crippen LogP contribution < -0.4 is 10.1 Å². The van der Waals surface area contributed by atoms with E-state index in [1.54, 1.807) is 0 Å². The monoisotopic (exact) mass is 339 g/mol. The highest BCUT2D eigenvalue weighted by Crippen LogP contribution is 2.17. The van der Waals surface area contributed by atoms with Crippen LogP contribution in [0.2, 0.25) is 5.02 Å². The highest BCUT2D eigenvalue weighted by molar-refractivity contribution is 6.30. The van der Waals surface area contributed by atoms with E-state index in [2.05, 4.69) is 15.2 Å². The topological polar surface area (TPSA) is 46.1 Å². The van der Waals surface area contributed by atoms with E-state index in [4.69, 9.17) is 21.1 Å². The second kappa shape index (κ2) is 9.63. The lowest BCUT2D eigenvalue weighted by molar-refractivity contribution is 0.0263. The number of halogens is 1. The summed E-state index contributed by atoms with van der Waals surface area (Å²) in [6.07, 6.45) is 2.49. The largest absolute Gasteiger partial charge is 0.492 e. The molecule has 0 aliphatic carbocycles. The highest BCUT2D eigenvalue weighted by Gasteiger charge is 2.21. The van der Waals surface area contributed by atoms with Crippen molar-refractivity contribution in [3.05, 3.63) is 29.3 Å². The lowest BCUT2D eigenvalue weighted by Gasteiger charge is -2.34. The van der Waals surface area contributed by atoms with Gasteiger partial charge in [-0.15, -0.1) is 0 Å². The zero-order valence-corrected chi connectivity index (χ0v) is 14.7. The third kappa shape index (κ3) is 5.92. The van der Waals surface area contributed by atoms with Crippen molar-refractivity contribution < 1.29 is 9.47 Å². The summed E-state index contributed by atoms with van der Waals surface area (Å²) in [7, 11) is 1.81. The molecule has 0 aromatic heterocycles. The van der Waals surface area contributed by atoms with E-state index in [1.807, 2.05) is 38.2 Å². The van der Waals surface area contributed by atoms with E-state index in [0.717, 1.165) is 44.2 Å². The van der Waals surface area contributed by atoms with Crippen LogP contribution in [-0.4, -0.2) is 56.9 Å². The molecule has 1 heterocycles. The average molecular weight is 340 g/mol. The van der Waals surface area contributed by atoms with E-state index in [0.29, 0.717) is 24.3 Å². The molecule has 0 spiro atoms. The molecular formula is C17H26ClN3O2. The van der Waals surface area contributed by atoms with Gasteiger partial charge in [0.2, 0.25) is 0 Å². The summed E-state index contributed by atoms with van der Waals surface area (Å²) in [6, 6.07) is 7.43. The third-order valence-corrected chi connectivity index (χ3v) is 4.04. The van der Waals surface area contributed by atoms with E-state index in [-0.39, 0.29) is 0 Å². The van der Waals surface area contributed by atoms with Gasteiger partial charge in [-0.05, 0) is 38.0 Å². The van der Waals surface area contributed by atoms with Crippen molar-refractivity contribution in [3.8, 4) is 5.75 Å². The van der Waals surface area contributed by atoms with Crippen LogP contribution in [0.5, 0.6) is 5.75 Å². The molecule has 23 heavy (non-hydrogen) atoms. The molecule has 0 saturated carbocycles. The number of ether oxygens (including phenoxy) is 2. The average Bonchev–Trinajstić information content (AvgIpc) is 2.56. The maximum atomic E-state index is 5.93. The molecule has 1 fully saturated rings. The number of piperidine rings is 1. The summed E-state index contributed by atoms with van der Waals surface area (Å²) in [5.41, 5.74) is 0. The lowest BCUT2D eigenvalue weighted by Crippen LogP contribution is -2.47. The Bertz CT molecular complexity index is 502. The lowest BCUT2D eigenvalue weighted by atomic mass is 10.1. The highest BCUT2D eigenvalue weighted by atomic mass is 35.5. The van der Waals surface area contributed by atoms with Crippen molar-refractivity contribution in [2.45, 2.75) is 25.9 Å². The number of aliphatic imine (C=N–C) groups is 1. The molecule has 128 valence electrons. The predicted octanol–water partition coefficient (Wildman–Crippen LogP) is 2.80. The van der Waals surface area contributed by atoms with E-state index < -0.39 is 0 Å². The molecule has 1 aliphatic rings. The molecule has 1 aliphatic heterocycles. The molecule has 0 unspecified atom stereocenters. The van der Waals surface area contributed by atoms with Crippen LogP contribution in [-0.2, 0) is 4.74 Å². The van der Waals surface area contributed by atoms with Crippen LogP contribution in [0.3, 0.4) is 0 Å². The van der Waals surface area contributed by atoms with Crippen LogP contribution in [0, 0.1) is 0 Å². The van der Waals surface area contributed by atoms with Crippen LogP contribution in [0.1, 0.15) is 19.8 Å². The van der Waals surface area contributed by atoms with Crippen LogP contribution in [0.15, 0.2) is 29.3 Å². The Morgan fingerprint density at radius 3 is 2.83 bits per heavy atom. The van der Waals surface area contributed by atoms with Crippen molar-refractivity contribution >= 4 is 17.6 Å². The first-order valence-electron chi connectivity index (χ1n) is 8.18. The molecule has 1 aromatic rings. The van der Waals surface area contributed by atoms with Gasteiger partial charge < -0.3 is 19.7 Å². The number of hydrogen-bond acceptors (Lipinski definition) is 3. The normalized spacial score (nSPS) is 16.5. The van der Waals surface area contributed by atoms with Crippen LogP contribution in [0.4, 0.5) is 0 Å². The van der Waals surface area contributed by atoms with Crippen LogP contribution in [0.25, 0.3) is 0 Å². The third-order valence-electron chi connectivity index (χ3n) is 3.81. The zero-order valence-electron chi connectivity index (χ0n) is 13.9. The van der Waals surface area contributed by atoms with E-state index in [9.17, 15) is 0 Å². The minimum absolute atomic E-state index is 0.389. The molecule has 2 rings (SSSR count). The van der Waals surface area contributed by atoms with Gasteiger partial charge in [-0.2, -0.15) is 0 Å². The van der Waals surface area contributed by atoms with Crippen molar-refractivity contribution in [2.75, 3.05) is 39.9 Å². The number of likely N-dealkylation sites (tertiary alicyclic amines) is 1. The first-order chi connectivity index (χ1) is 11.2. The second-order valence-corrected chi connectivity index (χ2v) is 5.86. The second-order valence-electron chi connectivity index (χ2n) is 5.42. The number of rotatable bonds is 6. The number of benzene rings is 1. The van der Waals surface area contributed by atoms with Gasteiger partial charge in [-0.25, -0.2) is 0 Å². The van der Waals surface area contributed by atoms with Crippen molar-refractivity contribution in [2.24, 2.45) is 4.99 Å². The number of nitrogens with one attached hydrogen (secondary N) is 1. The summed E-state index contributed by atoms with van der Waals surface area (Å²) in [5.74, 6) is 1.71. The maximum absolute atomic E-state index is 5.93. The summed E-state index contributed by atoms with van der Waals surface area (Å²) >= 11 is 5.93. The van der Waals surface area contributed by atoms with Gasteiger partial charge in [0.05, 0.1) is 12.6 Å². The zero-order chi connectivity index (χ0) is 16.5. The molecule has 1 aromatic carbocycles. The summed E-state index contributed by atoms with van der Waals surface area (Å²) < 4.78 is 11.4. The van der Waals surface area contributed by atoms with Gasteiger partial charge in [0, 0.05) is 31.8 Å². The molecule has 1 N–H and O–H groups in total. The molecule has 0 amide bonds. The van der Waals surface area contributed by atoms with E-state index in [1.165, 1.54) is 0 Å². The summed E-state index contributed by atoms with van der Waals surface area (Å²) in [5, 5.41) is 4.03. The van der Waals surface area contributed by atoms with Gasteiger partial charge in [0.25, 0.3) is 0 Å². The fourth-order valence-corrected chi connectivity index (χ4v) is 2.87. The fourth-order valence-electron chi connectivity index (χ4n) is 2.69. The minimum atomic E-state index is 0.389. The van der Waals surface area contributed by atoms with Gasteiger partial charge in [-0.3, -0.25) is 4.99 Å². The molecule has 0 radical (unpaired) electrons. The smallest absolute Gasteiger partial charge is 0.193 e. The number of nitrogens with zero attached hydrogens (tertiary/aromatic N) is 2. The standard InChI is InChI=1S/C17H26ClN3O2/c1-3-22-15-7-10-21(11-8-15)17(19-2)20-9-12-23-16-6-4-5-14(18)13-16/h4-6,13,15H,3,7-12H2,1-2H3,(H,19,20). The minimum Gasteiger partial charge on any atom is -0.492 e. The first-order valence-corrected chi connectivity index (χ1v) is 8.56. The van der Waals surface area contributed by atoms with Crippen molar-refractivity contribution in [3.63, 3.8) is 0 Å². The van der Waals surface area contributed by atoms with Gasteiger partial charge >= 0.3 is 0 Å². The molecule has 6 heteroatoms. The Morgan fingerprint density at radius 2 is 2.17 bits per heavy atom. The Balaban J connectivity index is 1.69. The molecule has 0 atom stereocenters. The number of guanidine groups is 1. The Kier molecular flexibility index (Phi) is 7.49. The molecule has 5 nitrogen and oxygen atoms in total. The fraction of sp³-hybridized carbons (Fsp3) is 0.588. The molecule has 1 saturated heterocycles. The maximum Gasteiger partial charge on any atom is 0.193 e. The number of hydrogen-bond donors (Lipinski definition) is 1. The van der Waals surface area contributed by atoms with E-state index >= 15 is 0 Å². The van der Waals surface area contributed by atoms with Gasteiger partial charge in [-0.1, -0.05) is 17.7 Å². The quantitative estimate of drug-likeness (QED) is 0.492. The van der Waals surface area contributed by atoms with Gasteiger partial charge in [0.15, 0.2) is 5.96 Å². The Morgan fingerprint density at radius 1 is 1.39 bits per heavy atom. The first kappa shape index (κ1) is 17.9. The molecule has 0 bridgehead atoms. The van der Waals surface area contributed by atoms with Crippen molar-refractivity contribution in [1.29, 1.82) is 0 Å². The summed E-state index contributed by atoms with van der Waals surface area (Å²) in [4.78, 5) is 6.63. The Labute approximate surface area is 143 Å².